The largest absolute Gasteiger partial charge is 0.294 e. The Bertz CT molecular complexity index is 5430. The van der Waals surface area contributed by atoms with Gasteiger partial charge in [0.1, 0.15) is 11.6 Å². The Labute approximate surface area is 492 Å². The van der Waals surface area contributed by atoms with E-state index in [-0.39, 0.29) is 0 Å². The van der Waals surface area contributed by atoms with Crippen molar-refractivity contribution in [3.05, 3.63) is 261 Å². The molecule has 0 radical (unpaired) electrons. The smallest absolute Gasteiger partial charge is 0.238 e. The summed E-state index contributed by atoms with van der Waals surface area (Å²) in [4.78, 5) is 11.5. The molecule has 0 unspecified atom stereocenters. The van der Waals surface area contributed by atoms with Gasteiger partial charge in [0.25, 0.3) is 0 Å². The zero-order chi connectivity index (χ0) is 54.7. The van der Waals surface area contributed by atoms with E-state index in [9.17, 15) is 0 Å². The van der Waals surface area contributed by atoms with E-state index in [0.29, 0.717) is 5.95 Å². The van der Waals surface area contributed by atoms with Gasteiger partial charge in [0.05, 0.1) is 33.1 Å². The predicted octanol–water partition coefficient (Wildman–Crippen LogP) is 21.9. The molecule has 0 aliphatic heterocycles. The lowest BCUT2D eigenvalue weighted by Gasteiger charge is -2.15. The Morgan fingerprint density at radius 3 is 0.833 bits per heavy atom. The van der Waals surface area contributed by atoms with E-state index < -0.39 is 0 Å². The number of rotatable bonds is 6. The second-order valence-electron chi connectivity index (χ2n) is 22.1. The summed E-state index contributed by atoms with van der Waals surface area (Å²) in [6.45, 7) is 0. The lowest BCUT2D eigenvalue weighted by molar-refractivity contribution is 0.918. The van der Waals surface area contributed by atoms with E-state index >= 15 is 0 Å². The van der Waals surface area contributed by atoms with Crippen molar-refractivity contribution in [1.29, 1.82) is 0 Å². The third kappa shape index (κ3) is 6.81. The maximum atomic E-state index is 5.76. The summed E-state index contributed by atoms with van der Waals surface area (Å²) in [6.07, 6.45) is 0. The van der Waals surface area contributed by atoms with E-state index in [1.165, 1.54) is 93.9 Å². The van der Waals surface area contributed by atoms with Crippen LogP contribution in [0.4, 0.5) is 0 Å². The van der Waals surface area contributed by atoms with Crippen LogP contribution in [0.2, 0.25) is 0 Å². The summed E-state index contributed by atoms with van der Waals surface area (Å²) < 4.78 is 14.8. The van der Waals surface area contributed by atoms with Gasteiger partial charge < -0.3 is 0 Å². The Kier molecular flexibility index (Phi) is 9.75. The van der Waals surface area contributed by atoms with Crippen molar-refractivity contribution in [1.82, 2.24) is 23.7 Å². The third-order valence-corrected chi connectivity index (χ3v) is 20.9. The molecule has 84 heavy (non-hydrogen) atoms. The van der Waals surface area contributed by atoms with Gasteiger partial charge in [0.2, 0.25) is 5.95 Å². The normalized spacial score (nSPS) is 12.3. The van der Waals surface area contributed by atoms with Gasteiger partial charge in [-0.3, -0.25) is 13.7 Å². The van der Waals surface area contributed by atoms with Gasteiger partial charge >= 0.3 is 0 Å². The van der Waals surface area contributed by atoms with Crippen LogP contribution >= 0.6 is 34.0 Å². The number of fused-ring (bicyclic) bond motifs is 18. The quantitative estimate of drug-likeness (QED) is 0.166. The molecule has 0 saturated heterocycles. The summed E-state index contributed by atoms with van der Waals surface area (Å²) in [5, 5.41) is 14.7. The molecule has 0 atom stereocenters. The van der Waals surface area contributed by atoms with E-state index in [0.717, 1.165) is 77.1 Å². The molecule has 0 aliphatic rings. The van der Waals surface area contributed by atoms with Gasteiger partial charge in [-0.25, -0.2) is 0 Å². The average molecular weight is 1120 g/mol. The lowest BCUT2D eigenvalue weighted by Crippen LogP contribution is -2.10. The second kappa shape index (κ2) is 17.6. The van der Waals surface area contributed by atoms with Crippen molar-refractivity contribution >= 4 is 160 Å². The van der Waals surface area contributed by atoms with Gasteiger partial charge in [-0.2, -0.15) is 9.97 Å². The SMILES string of the molecule is c1ccc2c(c1)sc1ccc(-c3ccc4c(c3)c3ccccc3n4-c3cc(-n4c5ccccc5c5cc(-c6ccc7sc8ccccc8c7c6)ccc54)nc(-n4c5ccccc5c5cc(-c6ccc7sc8ccccc8c7c6)ccc54)n3)cc12. The molecular weight excluding hydrogens is 1080 g/mol. The molecule has 390 valence electrons. The molecule has 0 N–H and O–H groups in total. The van der Waals surface area contributed by atoms with Crippen LogP contribution in [-0.2, 0) is 0 Å². The number of benzene rings is 12. The van der Waals surface area contributed by atoms with Crippen molar-refractivity contribution in [2.75, 3.05) is 0 Å². The number of hydrogen-bond acceptors (Lipinski definition) is 5. The first-order chi connectivity index (χ1) is 41.6. The number of aromatic nitrogens is 5. The van der Waals surface area contributed by atoms with E-state index in [4.69, 9.17) is 9.97 Å². The number of thiophene rings is 3. The fourth-order valence-electron chi connectivity index (χ4n) is 13.6. The first-order valence-corrected chi connectivity index (χ1v) is 30.8. The molecule has 19 rings (SSSR count). The second-order valence-corrected chi connectivity index (χ2v) is 25.3. The van der Waals surface area contributed by atoms with E-state index in [1.807, 2.05) is 34.0 Å². The molecule has 7 aromatic heterocycles. The Morgan fingerprint density at radius 2 is 0.464 bits per heavy atom. The predicted molar refractivity (Wildman–Crippen MR) is 360 cm³/mol. The fourth-order valence-corrected chi connectivity index (χ4v) is 16.9. The Balaban J connectivity index is 0.841. The van der Waals surface area contributed by atoms with Crippen molar-refractivity contribution in [2.24, 2.45) is 0 Å². The summed E-state index contributed by atoms with van der Waals surface area (Å²) in [6, 6.07) is 96.3. The fraction of sp³-hybridized carbons (Fsp3) is 0. The molecule has 0 bridgehead atoms. The van der Waals surface area contributed by atoms with Gasteiger partial charge in [0, 0.05) is 98.9 Å². The van der Waals surface area contributed by atoms with E-state index in [1.54, 1.807) is 0 Å². The lowest BCUT2D eigenvalue weighted by atomic mass is 10.0. The summed E-state index contributed by atoms with van der Waals surface area (Å²) in [5.41, 5.74) is 13.5. The summed E-state index contributed by atoms with van der Waals surface area (Å²) >= 11 is 5.56. The highest BCUT2D eigenvalue weighted by Gasteiger charge is 2.23. The van der Waals surface area contributed by atoms with Crippen LogP contribution in [0.1, 0.15) is 0 Å². The van der Waals surface area contributed by atoms with Gasteiger partial charge in [0.15, 0.2) is 0 Å². The van der Waals surface area contributed by atoms with Crippen molar-refractivity contribution in [2.45, 2.75) is 0 Å². The third-order valence-electron chi connectivity index (χ3n) is 17.5. The van der Waals surface area contributed by atoms with Gasteiger partial charge in [-0.15, -0.1) is 34.0 Å². The maximum absolute atomic E-state index is 5.76. The minimum atomic E-state index is 0.588. The average Bonchev–Trinajstić information content (AvgIpc) is 4.60. The molecule has 8 heteroatoms. The molecule has 7 heterocycles. The van der Waals surface area contributed by atoms with Gasteiger partial charge in [-0.05, 0) is 143 Å². The highest BCUT2D eigenvalue weighted by atomic mass is 32.1. The van der Waals surface area contributed by atoms with Crippen molar-refractivity contribution < 1.29 is 0 Å². The van der Waals surface area contributed by atoms with Gasteiger partial charge in [-0.1, -0.05) is 146 Å². The minimum Gasteiger partial charge on any atom is -0.294 e. The highest BCUT2D eigenvalue weighted by molar-refractivity contribution is 7.26. The minimum absolute atomic E-state index is 0.588. The zero-order valence-electron chi connectivity index (χ0n) is 44.8. The summed E-state index contributed by atoms with van der Waals surface area (Å²) in [7, 11) is 0. The van der Waals surface area contributed by atoms with Crippen LogP contribution in [0.3, 0.4) is 0 Å². The monoisotopic (exact) mass is 1120 g/mol. The number of nitrogens with zero attached hydrogens (tertiary/aromatic N) is 5. The Hall–Kier alpha value is -10.2. The van der Waals surface area contributed by atoms with Crippen LogP contribution in [0, 0.1) is 0 Å². The molecular formula is C76H43N5S3. The first-order valence-electron chi connectivity index (χ1n) is 28.4. The molecule has 0 spiro atoms. The van der Waals surface area contributed by atoms with Crippen LogP contribution in [0.25, 0.3) is 177 Å². The van der Waals surface area contributed by atoms with Crippen LogP contribution in [0.5, 0.6) is 0 Å². The molecule has 19 aromatic rings. The first kappa shape index (κ1) is 46.4. The molecule has 0 saturated carbocycles. The zero-order valence-corrected chi connectivity index (χ0v) is 47.2. The molecule has 5 nitrogen and oxygen atoms in total. The summed E-state index contributed by atoms with van der Waals surface area (Å²) in [5.74, 6) is 2.14. The molecule has 0 amide bonds. The number of para-hydroxylation sites is 3. The molecule has 12 aromatic carbocycles. The topological polar surface area (TPSA) is 40.6 Å². The van der Waals surface area contributed by atoms with E-state index in [2.05, 4.69) is 275 Å². The number of hydrogen-bond donors (Lipinski definition) is 0. The standard InChI is InChI=1S/C76H43N5S3/c1-7-19-62-50(13-1)56-37-44(47-28-34-71-59(40-47)53-16-4-10-22-68(53)82-71)25-31-65(56)79(62)74-43-75(80-63-20-8-2-14-51(63)57-38-45(26-32-66(57)80)48-29-35-72-60(41-48)54-17-5-11-23-69(54)83-72)78-76(77-74)81-64-21-9-3-15-52(64)58-39-46(27-33-67(58)81)49-30-36-73-61(42-49)55-18-6-12-24-70(55)84-73/h1-43H. The van der Waals surface area contributed by atoms with Crippen LogP contribution in [0.15, 0.2) is 261 Å². The highest BCUT2D eigenvalue weighted by Crippen LogP contribution is 2.44. The van der Waals surface area contributed by atoms with Crippen LogP contribution < -0.4 is 0 Å². The van der Waals surface area contributed by atoms with Crippen molar-refractivity contribution in [3.8, 4) is 51.0 Å². The Morgan fingerprint density at radius 1 is 0.202 bits per heavy atom. The molecule has 0 aliphatic carbocycles. The van der Waals surface area contributed by atoms with Crippen LogP contribution in [-0.4, -0.2) is 23.7 Å². The molecule has 0 fully saturated rings. The van der Waals surface area contributed by atoms with Crippen molar-refractivity contribution in [3.63, 3.8) is 0 Å². The maximum Gasteiger partial charge on any atom is 0.238 e.